The normalized spacial score (nSPS) is 10.8. The number of nitrogens with zero attached hydrogens (tertiary/aromatic N) is 3. The summed E-state index contributed by atoms with van der Waals surface area (Å²) in [5.41, 5.74) is 0.403. The van der Waals surface area contributed by atoms with Gasteiger partial charge in [-0.05, 0) is 24.6 Å². The molecule has 0 aliphatic rings. The van der Waals surface area contributed by atoms with Gasteiger partial charge in [0.15, 0.2) is 11.5 Å². The molecular formula is C19H21N3O5S. The molecule has 2 aromatic heterocycles. The Labute approximate surface area is 165 Å². The third-order valence-electron chi connectivity index (χ3n) is 4.05. The third-order valence-corrected chi connectivity index (χ3v) is 5.02. The third kappa shape index (κ3) is 4.30. The zero-order valence-electron chi connectivity index (χ0n) is 15.9. The molecule has 1 aromatic carbocycles. The van der Waals surface area contributed by atoms with E-state index in [0.717, 1.165) is 24.3 Å². The van der Waals surface area contributed by atoms with Crippen molar-refractivity contribution in [2.24, 2.45) is 0 Å². The highest BCUT2D eigenvalue weighted by molar-refractivity contribution is 7.16. The Kier molecular flexibility index (Phi) is 6.25. The van der Waals surface area contributed by atoms with Crippen LogP contribution < -0.4 is 15.0 Å². The summed E-state index contributed by atoms with van der Waals surface area (Å²) in [7, 11) is 3.01. The van der Waals surface area contributed by atoms with Gasteiger partial charge in [-0.15, -0.1) is 0 Å². The number of unbranched alkanes of at least 4 members (excludes halogenated alkanes) is 1. The van der Waals surface area contributed by atoms with Gasteiger partial charge in [-0.25, -0.2) is 9.78 Å². The van der Waals surface area contributed by atoms with Crippen LogP contribution in [-0.2, 0) is 17.8 Å². The molecule has 0 amide bonds. The number of aromatic nitrogens is 3. The van der Waals surface area contributed by atoms with E-state index in [-0.39, 0.29) is 12.2 Å². The summed E-state index contributed by atoms with van der Waals surface area (Å²) < 4.78 is 16.9. The first-order valence-electron chi connectivity index (χ1n) is 8.83. The van der Waals surface area contributed by atoms with Crippen molar-refractivity contribution in [1.82, 2.24) is 14.6 Å². The lowest BCUT2D eigenvalue weighted by molar-refractivity contribution is 0.0467. The SMILES string of the molecule is CCCCc1nn2c(=O)cc(COC(=O)c3ccc(OC)c(OC)c3)nc2s1. The lowest BCUT2D eigenvalue weighted by Crippen LogP contribution is -2.16. The molecule has 0 aliphatic heterocycles. The molecule has 0 saturated heterocycles. The lowest BCUT2D eigenvalue weighted by Gasteiger charge is -2.09. The molecule has 0 radical (unpaired) electrons. The van der Waals surface area contributed by atoms with Gasteiger partial charge >= 0.3 is 5.97 Å². The first-order chi connectivity index (χ1) is 13.5. The molecule has 9 heteroatoms. The van der Waals surface area contributed by atoms with Crippen molar-refractivity contribution >= 4 is 22.3 Å². The van der Waals surface area contributed by atoms with E-state index in [1.54, 1.807) is 12.1 Å². The predicted octanol–water partition coefficient (Wildman–Crippen LogP) is 2.87. The van der Waals surface area contributed by atoms with Crippen molar-refractivity contribution in [3.05, 3.63) is 50.9 Å². The number of benzene rings is 1. The number of hydrogen-bond donors (Lipinski definition) is 0. The molecule has 3 rings (SSSR count). The molecule has 0 atom stereocenters. The highest BCUT2D eigenvalue weighted by atomic mass is 32.1. The average Bonchev–Trinajstić information content (AvgIpc) is 3.13. The van der Waals surface area contributed by atoms with E-state index in [2.05, 4.69) is 17.0 Å². The van der Waals surface area contributed by atoms with Gasteiger partial charge in [0.25, 0.3) is 5.56 Å². The van der Waals surface area contributed by atoms with E-state index in [0.29, 0.717) is 27.7 Å². The quantitative estimate of drug-likeness (QED) is 0.534. The summed E-state index contributed by atoms with van der Waals surface area (Å²) in [5.74, 6) is 0.401. The van der Waals surface area contributed by atoms with Gasteiger partial charge in [0, 0.05) is 12.5 Å². The lowest BCUT2D eigenvalue weighted by atomic mass is 10.2. The van der Waals surface area contributed by atoms with Gasteiger partial charge in [-0.1, -0.05) is 24.7 Å². The van der Waals surface area contributed by atoms with Gasteiger partial charge in [-0.2, -0.15) is 9.61 Å². The van der Waals surface area contributed by atoms with Crippen LogP contribution in [0.1, 0.15) is 40.8 Å². The number of carbonyl (C=O) groups is 1. The largest absolute Gasteiger partial charge is 0.493 e. The van der Waals surface area contributed by atoms with Gasteiger partial charge in [0.2, 0.25) is 4.96 Å². The molecule has 0 N–H and O–H groups in total. The minimum atomic E-state index is -0.545. The Morgan fingerprint density at radius 3 is 2.68 bits per heavy atom. The number of aryl methyl sites for hydroxylation is 1. The molecule has 2 heterocycles. The monoisotopic (exact) mass is 403 g/mol. The molecular weight excluding hydrogens is 382 g/mol. The first-order valence-corrected chi connectivity index (χ1v) is 9.65. The first kappa shape index (κ1) is 19.8. The fraction of sp³-hybridized carbons (Fsp3) is 0.368. The second-order valence-electron chi connectivity index (χ2n) is 6.03. The van der Waals surface area contributed by atoms with Crippen LogP contribution in [0.3, 0.4) is 0 Å². The van der Waals surface area contributed by atoms with Crippen molar-refractivity contribution in [1.29, 1.82) is 0 Å². The highest BCUT2D eigenvalue weighted by Crippen LogP contribution is 2.27. The summed E-state index contributed by atoms with van der Waals surface area (Å²) >= 11 is 1.38. The number of ether oxygens (including phenoxy) is 3. The molecule has 8 nitrogen and oxygen atoms in total. The summed E-state index contributed by atoms with van der Waals surface area (Å²) in [6, 6.07) is 6.08. The van der Waals surface area contributed by atoms with Crippen LogP contribution in [0.4, 0.5) is 0 Å². The molecule has 0 unspecified atom stereocenters. The van der Waals surface area contributed by atoms with Crippen LogP contribution >= 0.6 is 11.3 Å². The van der Waals surface area contributed by atoms with Crippen molar-refractivity contribution in [3.63, 3.8) is 0 Å². The average molecular weight is 403 g/mol. The van der Waals surface area contributed by atoms with E-state index < -0.39 is 5.97 Å². The highest BCUT2D eigenvalue weighted by Gasteiger charge is 2.14. The van der Waals surface area contributed by atoms with Crippen molar-refractivity contribution in [2.75, 3.05) is 14.2 Å². The minimum Gasteiger partial charge on any atom is -0.493 e. The van der Waals surface area contributed by atoms with Gasteiger partial charge in [0.1, 0.15) is 11.6 Å². The number of carbonyl (C=O) groups excluding carboxylic acids is 1. The maximum absolute atomic E-state index is 12.3. The molecule has 0 bridgehead atoms. The molecule has 3 aromatic rings. The Hall–Kier alpha value is -2.94. The Morgan fingerprint density at radius 1 is 1.18 bits per heavy atom. The predicted molar refractivity (Wildman–Crippen MR) is 104 cm³/mol. The number of rotatable bonds is 8. The maximum Gasteiger partial charge on any atom is 0.338 e. The van der Waals surface area contributed by atoms with Crippen LogP contribution in [0.2, 0.25) is 0 Å². The van der Waals surface area contributed by atoms with Gasteiger partial charge in [0.05, 0.1) is 25.5 Å². The van der Waals surface area contributed by atoms with E-state index in [1.807, 2.05) is 0 Å². The summed E-state index contributed by atoms with van der Waals surface area (Å²) in [6.07, 6.45) is 2.87. The molecule has 148 valence electrons. The number of fused-ring (bicyclic) bond motifs is 1. The topological polar surface area (TPSA) is 92.0 Å². The number of esters is 1. The molecule has 0 spiro atoms. The molecule has 0 aliphatic carbocycles. The fourth-order valence-electron chi connectivity index (χ4n) is 2.58. The van der Waals surface area contributed by atoms with Crippen molar-refractivity contribution in [3.8, 4) is 11.5 Å². The summed E-state index contributed by atoms with van der Waals surface area (Å²) in [4.78, 5) is 29.5. The second kappa shape index (κ2) is 8.83. The Bertz CT molecular complexity index is 1040. The maximum atomic E-state index is 12.3. The minimum absolute atomic E-state index is 0.110. The van der Waals surface area contributed by atoms with Crippen LogP contribution in [0.15, 0.2) is 29.1 Å². The van der Waals surface area contributed by atoms with Crippen LogP contribution in [-0.4, -0.2) is 34.8 Å². The molecule has 28 heavy (non-hydrogen) atoms. The zero-order valence-corrected chi connectivity index (χ0v) is 16.7. The van der Waals surface area contributed by atoms with E-state index in [4.69, 9.17) is 14.2 Å². The van der Waals surface area contributed by atoms with Crippen LogP contribution in [0.5, 0.6) is 11.5 Å². The summed E-state index contributed by atoms with van der Waals surface area (Å²) in [6.45, 7) is 1.99. The number of hydrogen-bond acceptors (Lipinski definition) is 8. The van der Waals surface area contributed by atoms with Crippen LogP contribution in [0, 0.1) is 0 Å². The fourth-order valence-corrected chi connectivity index (χ4v) is 3.54. The van der Waals surface area contributed by atoms with E-state index in [1.165, 1.54) is 42.2 Å². The second-order valence-corrected chi connectivity index (χ2v) is 7.07. The van der Waals surface area contributed by atoms with Gasteiger partial charge in [-0.3, -0.25) is 4.79 Å². The summed E-state index contributed by atoms with van der Waals surface area (Å²) in [5, 5.41) is 5.16. The zero-order chi connectivity index (χ0) is 20.1. The van der Waals surface area contributed by atoms with Crippen molar-refractivity contribution < 1.29 is 19.0 Å². The Balaban J connectivity index is 1.74. The van der Waals surface area contributed by atoms with E-state index >= 15 is 0 Å². The van der Waals surface area contributed by atoms with Crippen molar-refractivity contribution in [2.45, 2.75) is 32.8 Å². The molecule has 0 saturated carbocycles. The Morgan fingerprint density at radius 2 is 1.96 bits per heavy atom. The van der Waals surface area contributed by atoms with Crippen LogP contribution in [0.25, 0.3) is 4.96 Å². The van der Waals surface area contributed by atoms with E-state index in [9.17, 15) is 9.59 Å². The van der Waals surface area contributed by atoms with Gasteiger partial charge < -0.3 is 14.2 Å². The molecule has 0 fully saturated rings. The standard InChI is InChI=1S/C19H21N3O5S/c1-4-5-6-16-21-22-17(23)10-13(20-19(22)28-16)11-27-18(24)12-7-8-14(25-2)15(9-12)26-3/h7-10H,4-6,11H2,1-3H3. The smallest absolute Gasteiger partial charge is 0.338 e. The number of methoxy groups -OCH3 is 2.